The average Bonchev–Trinajstić information content (AvgIpc) is 2.34. The molecule has 0 amide bonds. The molecule has 0 saturated carbocycles. The lowest BCUT2D eigenvalue weighted by molar-refractivity contribution is 1.30. The maximum absolute atomic E-state index is 4.00. The fourth-order valence-corrected chi connectivity index (χ4v) is 2.02. The van der Waals surface area contributed by atoms with Crippen LogP contribution in [0.25, 0.3) is 5.57 Å². The zero-order valence-electron chi connectivity index (χ0n) is 11.0. The molecular weight excluding hydrogens is 216 g/mol. The van der Waals surface area contributed by atoms with Crippen LogP contribution in [0.3, 0.4) is 0 Å². The number of rotatable bonds is 2. The number of aryl methyl sites for hydroxylation is 1. The molecule has 0 spiro atoms. The van der Waals surface area contributed by atoms with Crippen molar-refractivity contribution in [2.24, 2.45) is 0 Å². The predicted octanol–water partition coefficient (Wildman–Crippen LogP) is 4.86. The molecule has 0 heterocycles. The molecule has 0 fully saturated rings. The molecule has 0 N–H and O–H groups in total. The van der Waals surface area contributed by atoms with E-state index in [1.54, 1.807) is 0 Å². The molecule has 1 radical (unpaired) electrons. The summed E-state index contributed by atoms with van der Waals surface area (Å²) in [6, 6.07) is 8.49. The van der Waals surface area contributed by atoms with E-state index in [9.17, 15) is 0 Å². The maximum atomic E-state index is 4.00. The lowest BCUT2D eigenvalue weighted by atomic mass is 9.90. The highest BCUT2D eigenvalue weighted by molar-refractivity contribution is 5.85. The molecule has 0 nitrogen and oxygen atoms in total. The molecule has 0 saturated heterocycles. The number of hydrogen-bond donors (Lipinski definition) is 0. The Kier molecular flexibility index (Phi) is 3.57. The number of hydrogen-bond acceptors (Lipinski definition) is 0. The molecule has 1 aromatic rings. The second-order valence-corrected chi connectivity index (χ2v) is 4.71. The Bertz CT molecular complexity index is 520. The van der Waals surface area contributed by atoms with E-state index in [1.165, 1.54) is 22.6 Å². The molecule has 0 aliphatic heterocycles. The number of allylic oxidation sites excluding steroid dienone is 7. The highest BCUT2D eigenvalue weighted by atomic mass is 14.1. The second-order valence-electron chi connectivity index (χ2n) is 4.71. The Hall–Kier alpha value is -1.95. The van der Waals surface area contributed by atoms with Gasteiger partial charge < -0.3 is 0 Å². The smallest absolute Gasteiger partial charge is 0.0718 e. The zero-order valence-corrected chi connectivity index (χ0v) is 11.0. The van der Waals surface area contributed by atoms with E-state index in [2.05, 4.69) is 75.9 Å². The van der Waals surface area contributed by atoms with E-state index in [4.69, 9.17) is 0 Å². The molecule has 1 aliphatic carbocycles. The third-order valence-electron chi connectivity index (χ3n) is 3.03. The minimum atomic E-state index is 0.850. The fourth-order valence-electron chi connectivity index (χ4n) is 2.02. The van der Waals surface area contributed by atoms with Gasteiger partial charge in [0.1, 0.15) is 5.57 Å². The first-order valence-electron chi connectivity index (χ1n) is 6.10. The summed E-state index contributed by atoms with van der Waals surface area (Å²) in [5.74, 6) is 1.26. The minimum Gasteiger partial charge on any atom is -0.0718 e. The van der Waals surface area contributed by atoms with Crippen LogP contribution in [0.5, 0.6) is 0 Å². The van der Waals surface area contributed by atoms with Crippen molar-refractivity contribution in [3.05, 3.63) is 90.3 Å². The Labute approximate surface area is 110 Å². The van der Waals surface area contributed by atoms with Gasteiger partial charge in [0.05, 0.1) is 5.57 Å². The van der Waals surface area contributed by atoms with E-state index >= 15 is 0 Å². The van der Waals surface area contributed by atoms with Crippen molar-refractivity contribution in [3.8, 4) is 0 Å². The van der Waals surface area contributed by atoms with Gasteiger partial charge in [-0.15, -0.1) is 0 Å². The first-order chi connectivity index (χ1) is 8.58. The first-order valence-corrected chi connectivity index (χ1v) is 6.10. The third kappa shape index (κ3) is 2.65. The summed E-state index contributed by atoms with van der Waals surface area (Å²) in [4.78, 5) is 0. The third-order valence-corrected chi connectivity index (χ3v) is 3.03. The first kappa shape index (κ1) is 12.5. The summed E-state index contributed by atoms with van der Waals surface area (Å²) in [7, 11) is 0. The van der Waals surface area contributed by atoms with Gasteiger partial charge in [0.2, 0.25) is 0 Å². The standard InChI is InChI=1S/C18H18/c1-13(2)18(16-9-5-14(3)6-10-16)17-11-7-15(4)8-12-17/h5-12H,1-2H2,3-4H3/q+1. The van der Waals surface area contributed by atoms with Crippen LogP contribution in [-0.4, -0.2) is 0 Å². The normalized spacial score (nSPS) is 14.9. The highest BCUT2D eigenvalue weighted by Gasteiger charge is 2.16. The second kappa shape index (κ2) is 5.14. The Morgan fingerprint density at radius 1 is 0.944 bits per heavy atom. The van der Waals surface area contributed by atoms with Gasteiger partial charge in [-0.1, -0.05) is 36.8 Å². The van der Waals surface area contributed by atoms with Gasteiger partial charge in [-0.25, -0.2) is 0 Å². The summed E-state index contributed by atoms with van der Waals surface area (Å²) < 4.78 is 0. The summed E-state index contributed by atoms with van der Waals surface area (Å²) in [6.07, 6.45) is 8.49. The van der Waals surface area contributed by atoms with Crippen molar-refractivity contribution >= 4 is 5.57 Å². The van der Waals surface area contributed by atoms with Crippen LogP contribution in [-0.2, 0) is 0 Å². The summed E-state index contributed by atoms with van der Waals surface area (Å²) in [6.45, 7) is 12.2. The van der Waals surface area contributed by atoms with Crippen molar-refractivity contribution in [1.29, 1.82) is 0 Å². The predicted molar refractivity (Wildman–Crippen MR) is 79.8 cm³/mol. The Morgan fingerprint density at radius 2 is 1.50 bits per heavy atom. The van der Waals surface area contributed by atoms with Crippen molar-refractivity contribution in [3.63, 3.8) is 0 Å². The molecule has 0 heteroatoms. The lowest BCUT2D eigenvalue weighted by Gasteiger charge is -2.09. The van der Waals surface area contributed by atoms with Crippen molar-refractivity contribution in [2.75, 3.05) is 0 Å². The molecule has 0 unspecified atom stereocenters. The average molecular weight is 234 g/mol. The van der Waals surface area contributed by atoms with Gasteiger partial charge >= 0.3 is 0 Å². The van der Waals surface area contributed by atoms with Crippen LogP contribution in [0.15, 0.2) is 66.3 Å². The largest absolute Gasteiger partial charge is 0.128 e. The molecule has 0 atom stereocenters. The lowest BCUT2D eigenvalue weighted by Crippen LogP contribution is -1.94. The van der Waals surface area contributed by atoms with Crippen LogP contribution in [0, 0.1) is 19.8 Å². The van der Waals surface area contributed by atoms with Crippen LogP contribution in [0.4, 0.5) is 0 Å². The monoisotopic (exact) mass is 234 g/mol. The molecule has 89 valence electrons. The van der Waals surface area contributed by atoms with E-state index in [0.29, 0.717) is 0 Å². The highest BCUT2D eigenvalue weighted by Crippen LogP contribution is 2.29. The van der Waals surface area contributed by atoms with Gasteiger partial charge in [0.25, 0.3) is 0 Å². The Balaban J connectivity index is 2.50. The Morgan fingerprint density at radius 3 is 2.00 bits per heavy atom. The van der Waals surface area contributed by atoms with E-state index in [-0.39, 0.29) is 0 Å². The van der Waals surface area contributed by atoms with Crippen LogP contribution in [0.1, 0.15) is 18.1 Å². The minimum absolute atomic E-state index is 0.850. The molecule has 2 rings (SSSR count). The molecule has 0 bridgehead atoms. The van der Waals surface area contributed by atoms with Crippen LogP contribution >= 0.6 is 0 Å². The SMILES string of the molecule is C=C([CH2+])C(=C1C=C[C](C)C=C1)c1ccc(C)cc1. The fraction of sp³-hybridized carbons (Fsp3) is 0.111. The van der Waals surface area contributed by atoms with E-state index in [0.717, 1.165) is 11.1 Å². The molecule has 1 aliphatic rings. The molecule has 1 aromatic carbocycles. The summed E-state index contributed by atoms with van der Waals surface area (Å²) >= 11 is 0. The quantitative estimate of drug-likeness (QED) is 0.641. The van der Waals surface area contributed by atoms with Gasteiger partial charge in [0, 0.05) is 30.6 Å². The van der Waals surface area contributed by atoms with Gasteiger partial charge in [0.15, 0.2) is 0 Å². The maximum Gasteiger partial charge on any atom is 0.128 e. The topological polar surface area (TPSA) is 0 Å². The van der Waals surface area contributed by atoms with Gasteiger partial charge in [-0.2, -0.15) is 0 Å². The molecular formula is C18H18+. The van der Waals surface area contributed by atoms with Crippen molar-refractivity contribution in [1.82, 2.24) is 0 Å². The van der Waals surface area contributed by atoms with Crippen LogP contribution < -0.4 is 0 Å². The van der Waals surface area contributed by atoms with E-state index < -0.39 is 0 Å². The molecule has 0 aromatic heterocycles. The van der Waals surface area contributed by atoms with E-state index in [1.807, 2.05) is 0 Å². The van der Waals surface area contributed by atoms with Gasteiger partial charge in [-0.05, 0) is 31.2 Å². The van der Waals surface area contributed by atoms with Crippen molar-refractivity contribution < 1.29 is 0 Å². The number of benzene rings is 1. The summed E-state index contributed by atoms with van der Waals surface area (Å²) in [5.41, 5.74) is 5.57. The van der Waals surface area contributed by atoms with Crippen LogP contribution in [0.2, 0.25) is 0 Å². The van der Waals surface area contributed by atoms with Gasteiger partial charge in [-0.3, -0.25) is 0 Å². The van der Waals surface area contributed by atoms with Crippen molar-refractivity contribution in [2.45, 2.75) is 13.8 Å². The zero-order chi connectivity index (χ0) is 13.1. The summed E-state index contributed by atoms with van der Waals surface area (Å²) in [5, 5.41) is 0. The molecule has 18 heavy (non-hydrogen) atoms.